The SMILES string of the molecule is CCC(N)CNC(=O)C1CCCC1. The fraction of sp³-hybridized carbons (Fsp3) is 0.900. The predicted octanol–water partition coefficient (Wildman–Crippen LogP) is 1.03. The minimum Gasteiger partial charge on any atom is -0.354 e. The number of nitrogens with one attached hydrogen (secondary N) is 1. The van der Waals surface area contributed by atoms with Crippen molar-refractivity contribution in [3.8, 4) is 0 Å². The van der Waals surface area contributed by atoms with Crippen molar-refractivity contribution in [1.82, 2.24) is 5.32 Å². The molecular weight excluding hydrogens is 164 g/mol. The normalized spacial score (nSPS) is 20.2. The van der Waals surface area contributed by atoms with Gasteiger partial charge >= 0.3 is 0 Å². The highest BCUT2D eigenvalue weighted by molar-refractivity contribution is 5.78. The summed E-state index contributed by atoms with van der Waals surface area (Å²) in [6.45, 7) is 2.66. The van der Waals surface area contributed by atoms with Gasteiger partial charge < -0.3 is 11.1 Å². The Bertz CT molecular complexity index is 164. The first-order valence-corrected chi connectivity index (χ1v) is 5.27. The third kappa shape index (κ3) is 3.35. The Labute approximate surface area is 80.1 Å². The molecule has 1 unspecified atom stereocenters. The van der Waals surface area contributed by atoms with Crippen molar-refractivity contribution in [3.05, 3.63) is 0 Å². The van der Waals surface area contributed by atoms with E-state index in [4.69, 9.17) is 5.73 Å². The molecule has 1 saturated carbocycles. The first-order valence-electron chi connectivity index (χ1n) is 5.27. The Morgan fingerprint density at radius 3 is 2.69 bits per heavy atom. The second kappa shape index (κ2) is 5.22. The maximum Gasteiger partial charge on any atom is 0.223 e. The van der Waals surface area contributed by atoms with Gasteiger partial charge in [0.2, 0.25) is 5.91 Å². The van der Waals surface area contributed by atoms with E-state index in [2.05, 4.69) is 5.32 Å². The Morgan fingerprint density at radius 2 is 2.15 bits per heavy atom. The van der Waals surface area contributed by atoms with Crippen molar-refractivity contribution in [2.45, 2.75) is 45.1 Å². The van der Waals surface area contributed by atoms with Crippen LogP contribution in [0.3, 0.4) is 0 Å². The average molecular weight is 184 g/mol. The fourth-order valence-corrected chi connectivity index (χ4v) is 1.71. The molecule has 1 aliphatic carbocycles. The van der Waals surface area contributed by atoms with Gasteiger partial charge in [-0.15, -0.1) is 0 Å². The van der Waals surface area contributed by atoms with E-state index < -0.39 is 0 Å². The van der Waals surface area contributed by atoms with Crippen LogP contribution < -0.4 is 11.1 Å². The molecule has 1 fully saturated rings. The van der Waals surface area contributed by atoms with E-state index >= 15 is 0 Å². The zero-order valence-electron chi connectivity index (χ0n) is 8.38. The minimum absolute atomic E-state index is 0.116. The van der Waals surface area contributed by atoms with Crippen LogP contribution in [0.1, 0.15) is 39.0 Å². The molecule has 3 heteroatoms. The molecule has 0 radical (unpaired) electrons. The lowest BCUT2D eigenvalue weighted by Crippen LogP contribution is -2.39. The van der Waals surface area contributed by atoms with Crippen molar-refractivity contribution >= 4 is 5.91 Å². The lowest BCUT2D eigenvalue weighted by molar-refractivity contribution is -0.124. The van der Waals surface area contributed by atoms with E-state index in [9.17, 15) is 4.79 Å². The van der Waals surface area contributed by atoms with Gasteiger partial charge in [-0.1, -0.05) is 19.8 Å². The Hall–Kier alpha value is -0.570. The van der Waals surface area contributed by atoms with Crippen molar-refractivity contribution < 1.29 is 4.79 Å². The molecule has 76 valence electrons. The molecule has 0 aromatic heterocycles. The summed E-state index contributed by atoms with van der Waals surface area (Å²) >= 11 is 0. The van der Waals surface area contributed by atoms with Gasteiger partial charge in [0.25, 0.3) is 0 Å². The van der Waals surface area contributed by atoms with E-state index in [1.807, 2.05) is 6.92 Å². The number of carbonyl (C=O) groups excluding carboxylic acids is 1. The molecule has 0 heterocycles. The van der Waals surface area contributed by atoms with Crippen molar-refractivity contribution in [3.63, 3.8) is 0 Å². The van der Waals surface area contributed by atoms with E-state index in [1.165, 1.54) is 12.8 Å². The first-order chi connectivity index (χ1) is 6.24. The third-order valence-corrected chi connectivity index (χ3v) is 2.79. The Morgan fingerprint density at radius 1 is 1.54 bits per heavy atom. The number of amides is 1. The lowest BCUT2D eigenvalue weighted by Gasteiger charge is -2.13. The number of rotatable bonds is 4. The first kappa shape index (κ1) is 10.5. The summed E-state index contributed by atoms with van der Waals surface area (Å²) in [5.41, 5.74) is 5.71. The summed E-state index contributed by atoms with van der Waals surface area (Å²) in [4.78, 5) is 11.5. The summed E-state index contributed by atoms with van der Waals surface area (Å²) < 4.78 is 0. The van der Waals surface area contributed by atoms with Crippen molar-refractivity contribution in [1.29, 1.82) is 0 Å². The third-order valence-electron chi connectivity index (χ3n) is 2.79. The molecule has 0 bridgehead atoms. The van der Waals surface area contributed by atoms with Gasteiger partial charge in [0.1, 0.15) is 0 Å². The van der Waals surface area contributed by atoms with Gasteiger partial charge in [0.15, 0.2) is 0 Å². The summed E-state index contributed by atoms with van der Waals surface area (Å²) in [6, 6.07) is 0.116. The van der Waals surface area contributed by atoms with E-state index in [0.29, 0.717) is 6.54 Å². The molecule has 3 nitrogen and oxygen atoms in total. The summed E-state index contributed by atoms with van der Waals surface area (Å²) in [7, 11) is 0. The topological polar surface area (TPSA) is 55.1 Å². The molecule has 1 aliphatic rings. The van der Waals surface area contributed by atoms with E-state index in [1.54, 1.807) is 0 Å². The second-order valence-corrected chi connectivity index (χ2v) is 3.89. The highest BCUT2D eigenvalue weighted by Gasteiger charge is 2.22. The van der Waals surface area contributed by atoms with Crippen molar-refractivity contribution in [2.24, 2.45) is 11.7 Å². The van der Waals surface area contributed by atoms with Gasteiger partial charge in [-0.3, -0.25) is 4.79 Å². The molecule has 3 N–H and O–H groups in total. The quantitative estimate of drug-likeness (QED) is 0.685. The molecule has 0 aromatic rings. The maximum absolute atomic E-state index is 11.5. The van der Waals surface area contributed by atoms with E-state index in [0.717, 1.165) is 19.3 Å². The smallest absolute Gasteiger partial charge is 0.223 e. The highest BCUT2D eigenvalue weighted by Crippen LogP contribution is 2.24. The van der Waals surface area contributed by atoms with Crippen LogP contribution in [0.25, 0.3) is 0 Å². The van der Waals surface area contributed by atoms with Crippen LogP contribution >= 0.6 is 0 Å². The fourth-order valence-electron chi connectivity index (χ4n) is 1.71. The summed E-state index contributed by atoms with van der Waals surface area (Å²) in [5, 5.41) is 2.91. The van der Waals surface area contributed by atoms with Crippen LogP contribution in [0.2, 0.25) is 0 Å². The molecule has 0 aliphatic heterocycles. The molecule has 1 amide bonds. The largest absolute Gasteiger partial charge is 0.354 e. The monoisotopic (exact) mass is 184 g/mol. The Kier molecular flexibility index (Phi) is 4.22. The maximum atomic E-state index is 11.5. The zero-order valence-corrected chi connectivity index (χ0v) is 8.38. The summed E-state index contributed by atoms with van der Waals surface area (Å²) in [5.74, 6) is 0.477. The predicted molar refractivity (Wildman–Crippen MR) is 53.2 cm³/mol. The molecule has 1 atom stereocenters. The standard InChI is InChI=1S/C10H20N2O/c1-2-9(11)7-12-10(13)8-5-3-4-6-8/h8-9H,2-7,11H2,1H3,(H,12,13). The van der Waals surface area contributed by atoms with Crippen molar-refractivity contribution in [2.75, 3.05) is 6.54 Å². The van der Waals surface area contributed by atoms with Crippen LogP contribution in [0.5, 0.6) is 0 Å². The number of hydrogen-bond acceptors (Lipinski definition) is 2. The van der Waals surface area contributed by atoms with Gasteiger partial charge in [0, 0.05) is 18.5 Å². The number of carbonyl (C=O) groups is 1. The van der Waals surface area contributed by atoms with Crippen LogP contribution in [-0.4, -0.2) is 18.5 Å². The molecule has 0 saturated heterocycles. The highest BCUT2D eigenvalue weighted by atomic mass is 16.1. The molecule has 0 aromatic carbocycles. The number of nitrogens with two attached hydrogens (primary N) is 1. The molecule has 13 heavy (non-hydrogen) atoms. The van der Waals surface area contributed by atoms with Gasteiger partial charge in [-0.2, -0.15) is 0 Å². The van der Waals surface area contributed by atoms with Crippen LogP contribution in [0.4, 0.5) is 0 Å². The van der Waals surface area contributed by atoms with Gasteiger partial charge in [-0.25, -0.2) is 0 Å². The molecular formula is C10H20N2O. The van der Waals surface area contributed by atoms with Crippen LogP contribution in [0.15, 0.2) is 0 Å². The second-order valence-electron chi connectivity index (χ2n) is 3.89. The Balaban J connectivity index is 2.16. The average Bonchev–Trinajstić information content (AvgIpc) is 2.66. The van der Waals surface area contributed by atoms with Gasteiger partial charge in [-0.05, 0) is 19.3 Å². The lowest BCUT2D eigenvalue weighted by atomic mass is 10.1. The van der Waals surface area contributed by atoms with Crippen LogP contribution in [0, 0.1) is 5.92 Å². The molecule has 0 spiro atoms. The van der Waals surface area contributed by atoms with Gasteiger partial charge in [0.05, 0.1) is 0 Å². The van der Waals surface area contributed by atoms with E-state index in [-0.39, 0.29) is 17.9 Å². The minimum atomic E-state index is 0.116. The number of hydrogen-bond donors (Lipinski definition) is 2. The molecule has 1 rings (SSSR count). The van der Waals surface area contributed by atoms with Crippen LogP contribution in [-0.2, 0) is 4.79 Å². The summed E-state index contributed by atoms with van der Waals surface area (Å²) in [6.07, 6.45) is 5.46. The zero-order chi connectivity index (χ0) is 9.68.